The van der Waals surface area contributed by atoms with E-state index in [2.05, 4.69) is 5.32 Å². The Labute approximate surface area is 143 Å². The van der Waals surface area contributed by atoms with Gasteiger partial charge in [-0.2, -0.15) is 0 Å². The molecule has 0 radical (unpaired) electrons. The molecule has 1 fully saturated rings. The second kappa shape index (κ2) is 6.67. The minimum absolute atomic E-state index is 0.0617. The van der Waals surface area contributed by atoms with E-state index in [-0.39, 0.29) is 12.4 Å². The predicted molar refractivity (Wildman–Crippen MR) is 88.6 cm³/mol. The molecule has 24 heavy (non-hydrogen) atoms. The summed E-state index contributed by atoms with van der Waals surface area (Å²) in [6.07, 6.45) is 1.08. The maximum absolute atomic E-state index is 12.5. The van der Waals surface area contributed by atoms with Crippen LogP contribution in [0.1, 0.15) is 23.4 Å². The highest BCUT2D eigenvalue weighted by atomic mass is 35.5. The van der Waals surface area contributed by atoms with Crippen LogP contribution in [0.3, 0.4) is 0 Å². The van der Waals surface area contributed by atoms with Crippen LogP contribution >= 0.6 is 11.6 Å². The number of carbonyl (C=O) groups excluding carboxylic acids is 2. The van der Waals surface area contributed by atoms with E-state index in [4.69, 9.17) is 26.5 Å². The number of nitrogens with two attached hydrogens (primary N) is 1. The van der Waals surface area contributed by atoms with Gasteiger partial charge in [-0.05, 0) is 37.1 Å². The first-order valence-electron chi connectivity index (χ1n) is 7.57. The molecule has 3 N–H and O–H groups in total. The third kappa shape index (κ3) is 3.16. The molecule has 1 saturated heterocycles. The SMILES string of the molecule is NC(=O)[C@@]1(NC(=O)c2ccc(-c3ccccc3Cl)o2)CCCOC1. The van der Waals surface area contributed by atoms with E-state index in [1.54, 1.807) is 18.2 Å². The van der Waals surface area contributed by atoms with Crippen molar-refractivity contribution in [2.24, 2.45) is 5.73 Å². The molecule has 7 heteroatoms. The molecule has 0 aliphatic carbocycles. The number of amides is 2. The molecule has 2 heterocycles. The average molecular weight is 349 g/mol. The summed E-state index contributed by atoms with van der Waals surface area (Å²) in [5.74, 6) is -0.582. The van der Waals surface area contributed by atoms with Gasteiger partial charge in [0.1, 0.15) is 11.3 Å². The van der Waals surface area contributed by atoms with Crippen LogP contribution in [0.5, 0.6) is 0 Å². The van der Waals surface area contributed by atoms with Crippen LogP contribution in [-0.2, 0) is 9.53 Å². The van der Waals surface area contributed by atoms with Gasteiger partial charge in [0.2, 0.25) is 5.91 Å². The lowest BCUT2D eigenvalue weighted by atomic mass is 9.91. The predicted octanol–water partition coefficient (Wildman–Crippen LogP) is 2.36. The van der Waals surface area contributed by atoms with Crippen LogP contribution in [0.25, 0.3) is 11.3 Å². The summed E-state index contributed by atoms with van der Waals surface area (Å²) in [6, 6.07) is 10.4. The lowest BCUT2D eigenvalue weighted by Crippen LogP contribution is -2.61. The molecule has 1 aliphatic rings. The normalized spacial score (nSPS) is 20.5. The number of furan rings is 1. The molecular weight excluding hydrogens is 332 g/mol. The van der Waals surface area contributed by atoms with Gasteiger partial charge in [-0.1, -0.05) is 23.7 Å². The highest BCUT2D eigenvalue weighted by Crippen LogP contribution is 2.29. The number of ether oxygens (including phenoxy) is 1. The van der Waals surface area contributed by atoms with Gasteiger partial charge < -0.3 is 20.2 Å². The standard InChI is InChI=1S/C17H17ClN2O4/c18-12-5-2-1-4-11(12)13-6-7-14(24-13)15(21)20-17(16(19)22)8-3-9-23-10-17/h1-2,4-7H,3,8-10H2,(H2,19,22)(H,20,21)/t17-/m1/s1. The quantitative estimate of drug-likeness (QED) is 0.886. The van der Waals surface area contributed by atoms with Crippen LogP contribution in [0.4, 0.5) is 0 Å². The van der Waals surface area contributed by atoms with Gasteiger partial charge in [0.05, 0.1) is 11.6 Å². The fourth-order valence-corrected chi connectivity index (χ4v) is 2.92. The molecule has 1 aromatic carbocycles. The Morgan fingerprint density at radius 2 is 2.00 bits per heavy atom. The zero-order valence-electron chi connectivity index (χ0n) is 12.9. The van der Waals surface area contributed by atoms with Crippen molar-refractivity contribution in [2.75, 3.05) is 13.2 Å². The Morgan fingerprint density at radius 3 is 2.67 bits per heavy atom. The number of rotatable bonds is 4. The monoisotopic (exact) mass is 348 g/mol. The van der Waals surface area contributed by atoms with Crippen molar-refractivity contribution in [1.82, 2.24) is 5.32 Å². The first-order chi connectivity index (χ1) is 11.5. The van der Waals surface area contributed by atoms with Crippen molar-refractivity contribution >= 4 is 23.4 Å². The summed E-state index contributed by atoms with van der Waals surface area (Å²) in [5, 5.41) is 3.18. The zero-order chi connectivity index (χ0) is 17.2. The highest BCUT2D eigenvalue weighted by Gasteiger charge is 2.41. The lowest BCUT2D eigenvalue weighted by molar-refractivity contribution is -0.129. The summed E-state index contributed by atoms with van der Waals surface area (Å²) in [4.78, 5) is 24.2. The van der Waals surface area contributed by atoms with E-state index in [1.807, 2.05) is 12.1 Å². The molecule has 0 spiro atoms. The summed E-state index contributed by atoms with van der Waals surface area (Å²) < 4.78 is 10.9. The number of benzene rings is 1. The lowest BCUT2D eigenvalue weighted by Gasteiger charge is -2.34. The Hall–Kier alpha value is -2.31. The molecule has 1 aromatic heterocycles. The van der Waals surface area contributed by atoms with Gasteiger partial charge >= 0.3 is 0 Å². The maximum atomic E-state index is 12.5. The van der Waals surface area contributed by atoms with Gasteiger partial charge in [-0.25, -0.2) is 0 Å². The van der Waals surface area contributed by atoms with E-state index in [9.17, 15) is 9.59 Å². The molecule has 3 rings (SSSR count). The third-order valence-electron chi connectivity index (χ3n) is 4.03. The minimum Gasteiger partial charge on any atom is -0.451 e. The highest BCUT2D eigenvalue weighted by molar-refractivity contribution is 6.33. The summed E-state index contributed by atoms with van der Waals surface area (Å²) in [6.45, 7) is 0.606. The number of primary amides is 1. The van der Waals surface area contributed by atoms with Crippen molar-refractivity contribution in [3.63, 3.8) is 0 Å². The first kappa shape index (κ1) is 16.5. The molecule has 0 saturated carbocycles. The minimum atomic E-state index is -1.20. The molecule has 2 aromatic rings. The largest absolute Gasteiger partial charge is 0.451 e. The molecule has 2 amide bonds. The van der Waals surface area contributed by atoms with Gasteiger partial charge in [0.15, 0.2) is 5.76 Å². The number of hydrogen-bond acceptors (Lipinski definition) is 4. The van der Waals surface area contributed by atoms with Crippen LogP contribution in [0.15, 0.2) is 40.8 Å². The van der Waals surface area contributed by atoms with Crippen molar-refractivity contribution in [1.29, 1.82) is 0 Å². The maximum Gasteiger partial charge on any atom is 0.287 e. The Balaban J connectivity index is 1.81. The molecule has 6 nitrogen and oxygen atoms in total. The molecular formula is C17H17ClN2O4. The molecule has 1 atom stereocenters. The van der Waals surface area contributed by atoms with Crippen LogP contribution < -0.4 is 11.1 Å². The number of carbonyl (C=O) groups is 2. The molecule has 0 unspecified atom stereocenters. The number of halogens is 1. The molecule has 126 valence electrons. The zero-order valence-corrected chi connectivity index (χ0v) is 13.6. The van der Waals surface area contributed by atoms with E-state index in [1.165, 1.54) is 6.07 Å². The van der Waals surface area contributed by atoms with Gasteiger partial charge in [-0.15, -0.1) is 0 Å². The summed E-state index contributed by atoms with van der Waals surface area (Å²) >= 11 is 6.13. The second-order valence-corrected chi connectivity index (χ2v) is 6.11. The first-order valence-corrected chi connectivity index (χ1v) is 7.94. The number of hydrogen-bond donors (Lipinski definition) is 2. The Kier molecular flexibility index (Phi) is 4.59. The van der Waals surface area contributed by atoms with Crippen LogP contribution in [-0.4, -0.2) is 30.6 Å². The van der Waals surface area contributed by atoms with E-state index in [0.717, 1.165) is 0 Å². The fourth-order valence-electron chi connectivity index (χ4n) is 2.69. The van der Waals surface area contributed by atoms with E-state index < -0.39 is 17.4 Å². The fraction of sp³-hybridized carbons (Fsp3) is 0.294. The topological polar surface area (TPSA) is 94.6 Å². The number of nitrogens with one attached hydrogen (secondary N) is 1. The van der Waals surface area contributed by atoms with Gasteiger partial charge in [0.25, 0.3) is 5.91 Å². The molecule has 0 bridgehead atoms. The van der Waals surface area contributed by atoms with Crippen molar-refractivity contribution in [3.8, 4) is 11.3 Å². The average Bonchev–Trinajstić information content (AvgIpc) is 3.06. The summed E-state index contributed by atoms with van der Waals surface area (Å²) in [7, 11) is 0. The second-order valence-electron chi connectivity index (χ2n) is 5.70. The van der Waals surface area contributed by atoms with Gasteiger partial charge in [-0.3, -0.25) is 9.59 Å². The smallest absolute Gasteiger partial charge is 0.287 e. The van der Waals surface area contributed by atoms with Crippen molar-refractivity contribution in [3.05, 3.63) is 47.2 Å². The third-order valence-corrected chi connectivity index (χ3v) is 4.36. The van der Waals surface area contributed by atoms with E-state index in [0.29, 0.717) is 35.8 Å². The van der Waals surface area contributed by atoms with Crippen LogP contribution in [0, 0.1) is 0 Å². The van der Waals surface area contributed by atoms with Gasteiger partial charge in [0, 0.05) is 12.2 Å². The summed E-state index contributed by atoms with van der Waals surface area (Å²) in [5.41, 5.74) is 4.95. The van der Waals surface area contributed by atoms with E-state index >= 15 is 0 Å². The Bertz CT molecular complexity index is 765. The Morgan fingerprint density at radius 1 is 1.21 bits per heavy atom. The van der Waals surface area contributed by atoms with Crippen molar-refractivity contribution < 1.29 is 18.7 Å². The van der Waals surface area contributed by atoms with Crippen LogP contribution in [0.2, 0.25) is 5.02 Å². The van der Waals surface area contributed by atoms with Crippen molar-refractivity contribution in [2.45, 2.75) is 18.4 Å². The molecule has 1 aliphatic heterocycles.